The second kappa shape index (κ2) is 4.72. The Kier molecular flexibility index (Phi) is 3.07. The van der Waals surface area contributed by atoms with Crippen molar-refractivity contribution in [1.29, 1.82) is 0 Å². The number of aromatic nitrogens is 2. The van der Waals surface area contributed by atoms with Gasteiger partial charge in [-0.15, -0.1) is 11.3 Å². The predicted molar refractivity (Wildman–Crippen MR) is 77.0 cm³/mol. The first kappa shape index (κ1) is 11.7. The molecule has 1 saturated carbocycles. The monoisotopic (exact) mass is 262 g/mol. The van der Waals surface area contributed by atoms with Gasteiger partial charge < -0.3 is 11.1 Å². The van der Waals surface area contributed by atoms with E-state index in [4.69, 9.17) is 5.73 Å². The van der Waals surface area contributed by atoms with E-state index in [1.807, 2.05) is 0 Å². The van der Waals surface area contributed by atoms with Crippen LogP contribution in [-0.2, 0) is 6.42 Å². The Morgan fingerprint density at radius 2 is 2.28 bits per heavy atom. The first-order chi connectivity index (χ1) is 8.76. The second-order valence-electron chi connectivity index (χ2n) is 4.87. The van der Waals surface area contributed by atoms with E-state index in [-0.39, 0.29) is 0 Å². The minimum atomic E-state index is 0.362. The van der Waals surface area contributed by atoms with Crippen LogP contribution in [0.4, 0.5) is 11.8 Å². The zero-order chi connectivity index (χ0) is 12.5. The summed E-state index contributed by atoms with van der Waals surface area (Å²) in [5.41, 5.74) is 5.76. The van der Waals surface area contributed by atoms with Crippen molar-refractivity contribution in [2.75, 3.05) is 17.6 Å². The number of nitrogens with two attached hydrogens (primary N) is 1. The standard InChI is InChI=1S/C13H18N4S/c1-2-9-7-10-11(15-6-5-8-3-4-8)16-13(14)17-12(10)18-9/h7-8H,2-6H2,1H3,(H3,14,15,16,17). The van der Waals surface area contributed by atoms with Crippen LogP contribution in [0.1, 0.15) is 31.1 Å². The van der Waals surface area contributed by atoms with E-state index in [1.165, 1.54) is 24.1 Å². The van der Waals surface area contributed by atoms with Gasteiger partial charge in [0.25, 0.3) is 0 Å². The Labute approximate surface area is 111 Å². The average Bonchev–Trinajstić information content (AvgIpc) is 3.07. The van der Waals surface area contributed by atoms with Crippen LogP contribution in [0.3, 0.4) is 0 Å². The van der Waals surface area contributed by atoms with E-state index in [1.54, 1.807) is 11.3 Å². The van der Waals surface area contributed by atoms with Crippen molar-refractivity contribution in [1.82, 2.24) is 9.97 Å². The topological polar surface area (TPSA) is 63.8 Å². The van der Waals surface area contributed by atoms with Crippen LogP contribution in [-0.4, -0.2) is 16.5 Å². The largest absolute Gasteiger partial charge is 0.369 e. The van der Waals surface area contributed by atoms with Gasteiger partial charge in [-0.3, -0.25) is 0 Å². The van der Waals surface area contributed by atoms with Crippen LogP contribution in [0.2, 0.25) is 0 Å². The van der Waals surface area contributed by atoms with E-state index >= 15 is 0 Å². The van der Waals surface area contributed by atoms with Gasteiger partial charge in [0.15, 0.2) is 0 Å². The molecule has 0 unspecified atom stereocenters. The van der Waals surface area contributed by atoms with Gasteiger partial charge in [0.05, 0.1) is 5.39 Å². The van der Waals surface area contributed by atoms with Gasteiger partial charge in [0.2, 0.25) is 5.95 Å². The highest BCUT2D eigenvalue weighted by Gasteiger charge is 2.20. The van der Waals surface area contributed by atoms with Crippen molar-refractivity contribution in [3.63, 3.8) is 0 Å². The minimum Gasteiger partial charge on any atom is -0.369 e. The van der Waals surface area contributed by atoms with E-state index in [2.05, 4.69) is 28.3 Å². The molecule has 0 radical (unpaired) electrons. The Morgan fingerprint density at radius 3 is 3.00 bits per heavy atom. The molecule has 0 saturated heterocycles. The number of fused-ring (bicyclic) bond motifs is 1. The predicted octanol–water partition coefficient (Wildman–Crippen LogP) is 3.05. The molecule has 3 N–H and O–H groups in total. The summed E-state index contributed by atoms with van der Waals surface area (Å²) in [6, 6.07) is 2.18. The number of nitrogen functional groups attached to an aromatic ring is 1. The van der Waals surface area contributed by atoms with Crippen LogP contribution in [0, 0.1) is 5.92 Å². The highest BCUT2D eigenvalue weighted by molar-refractivity contribution is 7.18. The molecule has 3 rings (SSSR count). The van der Waals surface area contributed by atoms with Gasteiger partial charge >= 0.3 is 0 Å². The lowest BCUT2D eigenvalue weighted by atomic mass is 10.3. The van der Waals surface area contributed by atoms with Crippen LogP contribution in [0.5, 0.6) is 0 Å². The van der Waals surface area contributed by atoms with Gasteiger partial charge in [-0.25, -0.2) is 4.98 Å². The number of rotatable bonds is 5. The zero-order valence-electron chi connectivity index (χ0n) is 10.6. The van der Waals surface area contributed by atoms with Crippen molar-refractivity contribution in [2.45, 2.75) is 32.6 Å². The molecule has 2 aromatic heterocycles. The average molecular weight is 262 g/mol. The van der Waals surface area contributed by atoms with Crippen molar-refractivity contribution in [3.05, 3.63) is 10.9 Å². The van der Waals surface area contributed by atoms with Crippen LogP contribution in [0.25, 0.3) is 10.2 Å². The maximum absolute atomic E-state index is 5.76. The molecule has 18 heavy (non-hydrogen) atoms. The third-order valence-corrected chi connectivity index (χ3v) is 4.52. The van der Waals surface area contributed by atoms with Crippen molar-refractivity contribution < 1.29 is 0 Å². The Balaban J connectivity index is 1.85. The molecular weight excluding hydrogens is 244 g/mol. The summed E-state index contributed by atoms with van der Waals surface area (Å²) in [7, 11) is 0. The summed E-state index contributed by atoms with van der Waals surface area (Å²) < 4.78 is 0. The maximum atomic E-state index is 5.76. The number of nitrogens with zero attached hydrogens (tertiary/aromatic N) is 2. The van der Waals surface area contributed by atoms with Gasteiger partial charge in [-0.1, -0.05) is 19.8 Å². The molecule has 96 valence electrons. The number of hydrogen-bond acceptors (Lipinski definition) is 5. The molecule has 0 aliphatic heterocycles. The summed E-state index contributed by atoms with van der Waals surface area (Å²) >= 11 is 1.71. The highest BCUT2D eigenvalue weighted by Crippen LogP contribution is 2.33. The molecule has 2 heterocycles. The smallest absolute Gasteiger partial charge is 0.223 e. The minimum absolute atomic E-state index is 0.362. The molecule has 0 aromatic carbocycles. The summed E-state index contributed by atoms with van der Waals surface area (Å²) in [5, 5.41) is 4.53. The third-order valence-electron chi connectivity index (χ3n) is 3.35. The first-order valence-electron chi connectivity index (χ1n) is 6.56. The molecule has 1 aliphatic rings. The Hall–Kier alpha value is -1.36. The van der Waals surface area contributed by atoms with Crippen molar-refractivity contribution in [2.24, 2.45) is 5.92 Å². The Bertz CT molecular complexity index is 559. The number of anilines is 2. The van der Waals surface area contributed by atoms with E-state index in [0.29, 0.717) is 5.95 Å². The Morgan fingerprint density at radius 1 is 1.44 bits per heavy atom. The number of nitrogens with one attached hydrogen (secondary N) is 1. The fraction of sp³-hybridized carbons (Fsp3) is 0.538. The molecular formula is C13H18N4S. The van der Waals surface area contributed by atoms with Crippen molar-refractivity contribution >= 4 is 33.3 Å². The SMILES string of the molecule is CCc1cc2c(NCCC3CC3)nc(N)nc2s1. The molecule has 1 fully saturated rings. The zero-order valence-corrected chi connectivity index (χ0v) is 11.4. The molecule has 0 spiro atoms. The highest BCUT2D eigenvalue weighted by atomic mass is 32.1. The molecule has 2 aromatic rings. The summed E-state index contributed by atoms with van der Waals surface area (Å²) in [5.74, 6) is 2.19. The summed E-state index contributed by atoms with van der Waals surface area (Å²) in [4.78, 5) is 11.0. The number of hydrogen-bond donors (Lipinski definition) is 2. The van der Waals surface area contributed by atoms with E-state index < -0.39 is 0 Å². The molecule has 0 bridgehead atoms. The summed E-state index contributed by atoms with van der Waals surface area (Å²) in [6.07, 6.45) is 5.04. The third kappa shape index (κ3) is 2.41. The van der Waals surface area contributed by atoms with Crippen LogP contribution in [0.15, 0.2) is 6.07 Å². The van der Waals surface area contributed by atoms with E-state index in [9.17, 15) is 0 Å². The fourth-order valence-corrected chi connectivity index (χ4v) is 3.07. The molecule has 1 aliphatic carbocycles. The molecule has 4 nitrogen and oxygen atoms in total. The van der Waals surface area contributed by atoms with E-state index in [0.717, 1.165) is 34.9 Å². The lowest BCUT2D eigenvalue weighted by Gasteiger charge is -2.06. The van der Waals surface area contributed by atoms with Gasteiger partial charge in [-0.2, -0.15) is 4.98 Å². The van der Waals surface area contributed by atoms with Gasteiger partial charge in [0.1, 0.15) is 10.6 Å². The molecule has 5 heteroatoms. The van der Waals surface area contributed by atoms with Gasteiger partial charge in [0, 0.05) is 11.4 Å². The lowest BCUT2D eigenvalue weighted by molar-refractivity contribution is 0.759. The maximum Gasteiger partial charge on any atom is 0.223 e. The lowest BCUT2D eigenvalue weighted by Crippen LogP contribution is -2.06. The molecule has 0 amide bonds. The molecule has 0 atom stereocenters. The number of thiophene rings is 1. The van der Waals surface area contributed by atoms with Crippen LogP contribution < -0.4 is 11.1 Å². The first-order valence-corrected chi connectivity index (χ1v) is 7.37. The summed E-state index contributed by atoms with van der Waals surface area (Å²) in [6.45, 7) is 3.13. The number of aryl methyl sites for hydroxylation is 1. The quantitative estimate of drug-likeness (QED) is 0.869. The van der Waals surface area contributed by atoms with Crippen LogP contribution >= 0.6 is 11.3 Å². The second-order valence-corrected chi connectivity index (χ2v) is 5.99. The fourth-order valence-electron chi connectivity index (χ4n) is 2.10. The van der Waals surface area contributed by atoms with Crippen molar-refractivity contribution in [3.8, 4) is 0 Å². The normalized spacial score (nSPS) is 15.2. The van der Waals surface area contributed by atoms with Gasteiger partial charge in [-0.05, 0) is 24.8 Å².